The molecule has 3 aliphatic carbocycles. The molecular weight excluding hydrogens is 417 g/mol. The smallest absolute Gasteiger partial charge is 0.108 e. The molecule has 3 saturated carbocycles. The van der Waals surface area contributed by atoms with Crippen LogP contribution in [0, 0.1) is 34.5 Å². The normalized spacial score (nSPS) is 38.9. The second-order valence-electron chi connectivity index (χ2n) is 12.8. The predicted octanol–water partition coefficient (Wildman–Crippen LogP) is 9.92. The number of fused-ring (bicyclic) bond motifs is 3. The molecule has 3 fully saturated rings. The Morgan fingerprint density at radius 3 is 2.56 bits per heavy atom. The molecular formula is C32H54FN. The number of hydrogen-bond donors (Lipinski definition) is 0. The van der Waals surface area contributed by atoms with Crippen molar-refractivity contribution in [2.45, 2.75) is 131 Å². The van der Waals surface area contributed by atoms with Crippen molar-refractivity contribution in [3.05, 3.63) is 24.3 Å². The maximum absolute atomic E-state index is 14.1. The highest BCUT2D eigenvalue weighted by atomic mass is 19.1. The van der Waals surface area contributed by atoms with Gasteiger partial charge in [-0.05, 0) is 107 Å². The van der Waals surface area contributed by atoms with Crippen molar-refractivity contribution in [2.75, 3.05) is 6.54 Å². The molecule has 194 valence electrons. The SMILES string of the molecule is C=C/C=C1/CCC2C(CCC3(C)C(C(C)=NCCCCCC(C)(F)CC)CCC23)C1(C)CCC. The largest absolute Gasteiger partial charge is 0.294 e. The summed E-state index contributed by atoms with van der Waals surface area (Å²) in [5.74, 6) is 3.24. The van der Waals surface area contributed by atoms with Crippen LogP contribution >= 0.6 is 0 Å². The van der Waals surface area contributed by atoms with Gasteiger partial charge in [-0.15, -0.1) is 0 Å². The lowest BCUT2D eigenvalue weighted by atomic mass is 9.47. The minimum atomic E-state index is -0.986. The molecule has 0 aromatic rings. The van der Waals surface area contributed by atoms with Crippen LogP contribution in [-0.4, -0.2) is 17.9 Å². The van der Waals surface area contributed by atoms with Crippen molar-refractivity contribution in [1.29, 1.82) is 0 Å². The lowest BCUT2D eigenvalue weighted by Gasteiger charge is -2.57. The van der Waals surface area contributed by atoms with Crippen molar-refractivity contribution in [1.82, 2.24) is 0 Å². The summed E-state index contributed by atoms with van der Waals surface area (Å²) in [6.45, 7) is 18.5. The Labute approximate surface area is 211 Å². The number of halogens is 1. The zero-order valence-corrected chi connectivity index (χ0v) is 23.4. The molecule has 0 aromatic heterocycles. The lowest BCUT2D eigenvalue weighted by molar-refractivity contribution is -0.0408. The van der Waals surface area contributed by atoms with Crippen molar-refractivity contribution >= 4 is 5.71 Å². The third-order valence-electron chi connectivity index (χ3n) is 10.8. The third-order valence-corrected chi connectivity index (χ3v) is 10.8. The Morgan fingerprint density at radius 1 is 1.12 bits per heavy atom. The highest BCUT2D eigenvalue weighted by molar-refractivity contribution is 5.85. The van der Waals surface area contributed by atoms with Gasteiger partial charge in [0, 0.05) is 18.2 Å². The van der Waals surface area contributed by atoms with Gasteiger partial charge in [-0.1, -0.05) is 71.3 Å². The van der Waals surface area contributed by atoms with Gasteiger partial charge in [0.1, 0.15) is 5.67 Å². The highest BCUT2D eigenvalue weighted by Gasteiger charge is 2.58. The van der Waals surface area contributed by atoms with E-state index in [-0.39, 0.29) is 0 Å². The number of alkyl halides is 1. The van der Waals surface area contributed by atoms with Gasteiger partial charge in [-0.25, -0.2) is 4.39 Å². The van der Waals surface area contributed by atoms with Gasteiger partial charge in [-0.2, -0.15) is 0 Å². The monoisotopic (exact) mass is 471 g/mol. The lowest BCUT2D eigenvalue weighted by Crippen LogP contribution is -2.50. The van der Waals surface area contributed by atoms with Gasteiger partial charge in [0.15, 0.2) is 0 Å². The van der Waals surface area contributed by atoms with E-state index in [1.807, 2.05) is 13.0 Å². The van der Waals surface area contributed by atoms with Gasteiger partial charge in [0.25, 0.3) is 0 Å². The standard InChI is InChI=1S/C32H54FN/c1-8-14-25-15-16-26-28-18-17-27(24(4)34-23-13-11-12-21-30(5,33)10-3)32(28,7)22-19-29(26)31(25,6)20-9-2/h8,14,26-29H,1,9-13,15-23H2,2-7H3/b25-14-,34-24?. The molecule has 0 heterocycles. The van der Waals surface area contributed by atoms with Crippen LogP contribution in [0.2, 0.25) is 0 Å². The third kappa shape index (κ3) is 5.57. The maximum atomic E-state index is 14.1. The van der Waals surface area contributed by atoms with Crippen LogP contribution in [0.15, 0.2) is 29.3 Å². The minimum Gasteiger partial charge on any atom is -0.294 e. The summed E-state index contributed by atoms with van der Waals surface area (Å²) in [7, 11) is 0. The molecule has 0 N–H and O–H groups in total. The number of aliphatic imine (C=N–C) groups is 1. The van der Waals surface area contributed by atoms with E-state index in [0.29, 0.717) is 29.6 Å². The summed E-state index contributed by atoms with van der Waals surface area (Å²) in [5, 5.41) is 0. The number of unbranched alkanes of at least 4 members (excludes halogenated alkanes) is 2. The molecule has 7 atom stereocenters. The summed E-state index contributed by atoms with van der Waals surface area (Å²) in [6.07, 6.45) is 19.6. The van der Waals surface area contributed by atoms with Crippen LogP contribution in [0.5, 0.6) is 0 Å². The van der Waals surface area contributed by atoms with Crippen LogP contribution in [0.1, 0.15) is 125 Å². The fraction of sp³-hybridized carbons (Fsp3) is 0.844. The first-order chi connectivity index (χ1) is 16.1. The average molecular weight is 472 g/mol. The van der Waals surface area contributed by atoms with E-state index >= 15 is 0 Å². The summed E-state index contributed by atoms with van der Waals surface area (Å²) < 4.78 is 14.1. The number of rotatable bonds is 11. The number of hydrogen-bond acceptors (Lipinski definition) is 1. The van der Waals surface area contributed by atoms with E-state index in [9.17, 15) is 4.39 Å². The molecule has 3 rings (SSSR count). The summed E-state index contributed by atoms with van der Waals surface area (Å²) in [4.78, 5) is 5.10. The first-order valence-electron chi connectivity index (χ1n) is 14.6. The van der Waals surface area contributed by atoms with Gasteiger partial charge in [-0.3, -0.25) is 4.99 Å². The van der Waals surface area contributed by atoms with Gasteiger partial charge in [0.05, 0.1) is 0 Å². The minimum absolute atomic E-state index is 0.363. The fourth-order valence-corrected chi connectivity index (χ4v) is 8.62. The van der Waals surface area contributed by atoms with Crippen LogP contribution < -0.4 is 0 Å². The van der Waals surface area contributed by atoms with Crippen LogP contribution in [0.4, 0.5) is 4.39 Å². The van der Waals surface area contributed by atoms with E-state index < -0.39 is 5.67 Å². The molecule has 0 amide bonds. The molecule has 2 heteroatoms. The maximum Gasteiger partial charge on any atom is 0.108 e. The van der Waals surface area contributed by atoms with Gasteiger partial charge < -0.3 is 0 Å². The number of allylic oxidation sites excluding steroid dienone is 3. The molecule has 0 radical (unpaired) electrons. The van der Waals surface area contributed by atoms with Crippen LogP contribution in [0.3, 0.4) is 0 Å². The fourth-order valence-electron chi connectivity index (χ4n) is 8.62. The molecule has 34 heavy (non-hydrogen) atoms. The Balaban J connectivity index is 1.63. The second kappa shape index (κ2) is 11.4. The van der Waals surface area contributed by atoms with Gasteiger partial charge >= 0.3 is 0 Å². The highest BCUT2D eigenvalue weighted by Crippen LogP contribution is 2.66. The molecule has 0 aromatic carbocycles. The zero-order valence-electron chi connectivity index (χ0n) is 23.4. The molecule has 3 aliphatic rings. The van der Waals surface area contributed by atoms with Crippen LogP contribution in [0.25, 0.3) is 0 Å². The quantitative estimate of drug-likeness (QED) is 0.210. The van der Waals surface area contributed by atoms with E-state index in [4.69, 9.17) is 4.99 Å². The molecule has 0 bridgehead atoms. The van der Waals surface area contributed by atoms with Crippen molar-refractivity contribution < 1.29 is 4.39 Å². The first-order valence-corrected chi connectivity index (χ1v) is 14.6. The Morgan fingerprint density at radius 2 is 1.88 bits per heavy atom. The average Bonchev–Trinajstić information content (AvgIpc) is 3.15. The van der Waals surface area contributed by atoms with Gasteiger partial charge in [0.2, 0.25) is 0 Å². The summed E-state index contributed by atoms with van der Waals surface area (Å²) in [6, 6.07) is 0. The molecule has 0 spiro atoms. The molecule has 0 saturated heterocycles. The Kier molecular flexibility index (Phi) is 9.30. The molecule has 0 aliphatic heterocycles. The Hall–Kier alpha value is -0.920. The molecule has 7 unspecified atom stereocenters. The topological polar surface area (TPSA) is 12.4 Å². The second-order valence-corrected chi connectivity index (χ2v) is 12.8. The van der Waals surface area contributed by atoms with Crippen molar-refractivity contribution in [2.24, 2.45) is 39.5 Å². The predicted molar refractivity (Wildman–Crippen MR) is 147 cm³/mol. The van der Waals surface area contributed by atoms with E-state index in [2.05, 4.69) is 40.3 Å². The molecule has 1 nitrogen and oxygen atoms in total. The Bertz CT molecular complexity index is 748. The number of nitrogens with zero attached hydrogens (tertiary/aromatic N) is 1. The van der Waals surface area contributed by atoms with E-state index in [0.717, 1.165) is 43.6 Å². The van der Waals surface area contributed by atoms with Crippen molar-refractivity contribution in [3.8, 4) is 0 Å². The first kappa shape index (κ1) is 27.7. The van der Waals surface area contributed by atoms with Crippen molar-refractivity contribution in [3.63, 3.8) is 0 Å². The van der Waals surface area contributed by atoms with Crippen LogP contribution in [-0.2, 0) is 0 Å². The van der Waals surface area contributed by atoms with E-state index in [1.165, 1.54) is 57.1 Å². The zero-order chi connectivity index (χ0) is 25.0. The summed E-state index contributed by atoms with van der Waals surface area (Å²) in [5.41, 5.74) is 2.89. The summed E-state index contributed by atoms with van der Waals surface area (Å²) >= 11 is 0. The van der Waals surface area contributed by atoms with E-state index in [1.54, 1.807) is 12.5 Å².